The van der Waals surface area contributed by atoms with Crippen molar-refractivity contribution >= 4 is 23.2 Å². The summed E-state index contributed by atoms with van der Waals surface area (Å²) in [5, 5.41) is 8.80. The van der Waals surface area contributed by atoms with E-state index in [1.807, 2.05) is 13.8 Å². The van der Waals surface area contributed by atoms with Gasteiger partial charge in [-0.1, -0.05) is 32.0 Å². The highest BCUT2D eigenvalue weighted by molar-refractivity contribution is 7.08. The summed E-state index contributed by atoms with van der Waals surface area (Å²) in [6, 6.07) is 8.20. The zero-order chi connectivity index (χ0) is 16.9. The Bertz CT molecular complexity index is 684. The number of benzene rings is 1. The molecule has 122 valence electrons. The molecule has 0 saturated heterocycles. The molecule has 0 radical (unpaired) electrons. The summed E-state index contributed by atoms with van der Waals surface area (Å²) < 4.78 is 13.9. The molecule has 0 bridgehead atoms. The van der Waals surface area contributed by atoms with Crippen molar-refractivity contribution in [2.75, 3.05) is 13.1 Å². The molecule has 23 heavy (non-hydrogen) atoms. The lowest BCUT2D eigenvalue weighted by Crippen LogP contribution is -2.42. The first-order valence-corrected chi connectivity index (χ1v) is 8.16. The van der Waals surface area contributed by atoms with Crippen LogP contribution in [0.4, 0.5) is 4.39 Å². The van der Waals surface area contributed by atoms with Crippen LogP contribution in [0.1, 0.15) is 29.8 Å². The van der Waals surface area contributed by atoms with Gasteiger partial charge < -0.3 is 10.6 Å². The number of carbonyl (C=O) groups is 2. The van der Waals surface area contributed by atoms with Crippen LogP contribution in [0.5, 0.6) is 0 Å². The summed E-state index contributed by atoms with van der Waals surface area (Å²) in [6.45, 7) is 3.88. The van der Waals surface area contributed by atoms with Crippen LogP contribution in [0.3, 0.4) is 0 Å². The van der Waals surface area contributed by atoms with Crippen molar-refractivity contribution in [3.05, 3.63) is 58.0 Å². The Kier molecular flexibility index (Phi) is 5.50. The van der Waals surface area contributed by atoms with Crippen molar-refractivity contribution in [3.63, 3.8) is 0 Å². The number of halogens is 1. The fourth-order valence-electron chi connectivity index (χ4n) is 2.14. The molecule has 1 heterocycles. The van der Waals surface area contributed by atoms with E-state index in [2.05, 4.69) is 10.6 Å². The van der Waals surface area contributed by atoms with Crippen LogP contribution in [0, 0.1) is 5.82 Å². The van der Waals surface area contributed by atoms with Gasteiger partial charge in [0.2, 0.25) is 5.91 Å². The lowest BCUT2D eigenvalue weighted by atomic mass is 9.84. The van der Waals surface area contributed by atoms with E-state index in [9.17, 15) is 14.0 Å². The third-order valence-corrected chi connectivity index (χ3v) is 4.21. The number of thiophene rings is 1. The second-order valence-corrected chi connectivity index (χ2v) is 6.62. The molecule has 0 fully saturated rings. The molecule has 6 heteroatoms. The van der Waals surface area contributed by atoms with Crippen LogP contribution in [0.2, 0.25) is 0 Å². The monoisotopic (exact) mass is 334 g/mol. The first-order chi connectivity index (χ1) is 10.9. The van der Waals surface area contributed by atoms with Gasteiger partial charge in [0.25, 0.3) is 5.91 Å². The Labute approximate surface area is 138 Å². The van der Waals surface area contributed by atoms with Gasteiger partial charge in [-0.25, -0.2) is 4.39 Å². The lowest BCUT2D eigenvalue weighted by Gasteiger charge is -2.26. The van der Waals surface area contributed by atoms with Crippen LogP contribution in [-0.2, 0) is 10.2 Å². The average Bonchev–Trinajstić information content (AvgIpc) is 3.05. The summed E-state index contributed by atoms with van der Waals surface area (Å²) in [5.41, 5.74) is 0.537. The Morgan fingerprint density at radius 3 is 2.57 bits per heavy atom. The van der Waals surface area contributed by atoms with E-state index in [1.165, 1.54) is 17.4 Å². The van der Waals surface area contributed by atoms with Crippen molar-refractivity contribution in [1.29, 1.82) is 0 Å². The first-order valence-electron chi connectivity index (χ1n) is 7.22. The Hall–Kier alpha value is -2.21. The molecular formula is C17H19FN2O2S. The van der Waals surface area contributed by atoms with Crippen LogP contribution in [-0.4, -0.2) is 24.9 Å². The van der Waals surface area contributed by atoms with Crippen LogP contribution in [0.15, 0.2) is 41.1 Å². The maximum absolute atomic E-state index is 13.9. The van der Waals surface area contributed by atoms with E-state index < -0.39 is 5.41 Å². The Morgan fingerprint density at radius 1 is 1.17 bits per heavy atom. The molecule has 0 aliphatic rings. The van der Waals surface area contributed by atoms with Gasteiger partial charge in [0.15, 0.2) is 0 Å². The van der Waals surface area contributed by atoms with Gasteiger partial charge in [-0.3, -0.25) is 9.59 Å². The number of hydrogen-bond donors (Lipinski definition) is 2. The number of nitrogens with one attached hydrogen (secondary N) is 2. The van der Waals surface area contributed by atoms with Gasteiger partial charge in [-0.2, -0.15) is 11.3 Å². The molecule has 2 amide bonds. The molecule has 0 aliphatic carbocycles. The fourth-order valence-corrected chi connectivity index (χ4v) is 2.78. The van der Waals surface area contributed by atoms with Crippen LogP contribution < -0.4 is 10.6 Å². The second-order valence-electron chi connectivity index (χ2n) is 5.84. The summed E-state index contributed by atoms with van der Waals surface area (Å²) in [5.74, 6) is -0.884. The van der Waals surface area contributed by atoms with E-state index in [4.69, 9.17) is 0 Å². The number of rotatable bonds is 6. The molecule has 1 aromatic carbocycles. The lowest BCUT2D eigenvalue weighted by molar-refractivity contribution is -0.120. The largest absolute Gasteiger partial charge is 0.354 e. The van der Waals surface area contributed by atoms with Gasteiger partial charge in [-0.05, 0) is 23.1 Å². The van der Waals surface area contributed by atoms with E-state index in [0.29, 0.717) is 11.1 Å². The summed E-state index contributed by atoms with van der Waals surface area (Å²) >= 11 is 1.42. The zero-order valence-corrected chi connectivity index (χ0v) is 13.9. The summed E-state index contributed by atoms with van der Waals surface area (Å²) in [7, 11) is 0. The van der Waals surface area contributed by atoms with Crippen molar-refractivity contribution in [1.82, 2.24) is 10.6 Å². The van der Waals surface area contributed by atoms with Crippen molar-refractivity contribution < 1.29 is 14.0 Å². The molecule has 0 unspecified atom stereocenters. The van der Waals surface area contributed by atoms with Gasteiger partial charge in [0.1, 0.15) is 5.82 Å². The van der Waals surface area contributed by atoms with Crippen molar-refractivity contribution in [3.8, 4) is 0 Å². The minimum absolute atomic E-state index is 0.109. The van der Waals surface area contributed by atoms with E-state index in [-0.39, 0.29) is 30.7 Å². The predicted octanol–water partition coefficient (Wildman–Crippen LogP) is 2.71. The summed E-state index contributed by atoms with van der Waals surface area (Å²) in [6.07, 6.45) is 0. The smallest absolute Gasteiger partial charge is 0.252 e. The quantitative estimate of drug-likeness (QED) is 0.853. The standard InChI is InChI=1S/C17H19FN2O2S/c1-17(2,13-5-3-4-6-14(13)18)11-20-15(21)9-19-16(22)12-7-8-23-10-12/h3-8,10H,9,11H2,1-2H3,(H,19,22)(H,20,21). The molecule has 0 aliphatic heterocycles. The third kappa shape index (κ3) is 4.63. The topological polar surface area (TPSA) is 58.2 Å². The SMILES string of the molecule is CC(C)(CNC(=O)CNC(=O)c1ccsc1)c1ccccc1F. The average molecular weight is 334 g/mol. The fraction of sp³-hybridized carbons (Fsp3) is 0.294. The van der Waals surface area contributed by atoms with E-state index in [1.54, 1.807) is 35.0 Å². The van der Waals surface area contributed by atoms with Gasteiger partial charge in [-0.15, -0.1) is 0 Å². The molecule has 2 rings (SSSR count). The minimum atomic E-state index is -0.543. The zero-order valence-electron chi connectivity index (χ0n) is 13.1. The maximum atomic E-state index is 13.9. The Balaban J connectivity index is 1.84. The van der Waals surface area contributed by atoms with Gasteiger partial charge in [0.05, 0.1) is 6.54 Å². The molecule has 4 nitrogen and oxygen atoms in total. The highest BCUT2D eigenvalue weighted by Crippen LogP contribution is 2.24. The minimum Gasteiger partial charge on any atom is -0.354 e. The second kappa shape index (κ2) is 7.37. The molecule has 2 N–H and O–H groups in total. The summed E-state index contributed by atoms with van der Waals surface area (Å²) in [4.78, 5) is 23.6. The molecule has 1 aromatic heterocycles. The van der Waals surface area contributed by atoms with Crippen molar-refractivity contribution in [2.24, 2.45) is 0 Å². The molecule has 0 atom stereocenters. The van der Waals surface area contributed by atoms with Crippen LogP contribution in [0.25, 0.3) is 0 Å². The normalized spacial score (nSPS) is 11.1. The first kappa shape index (κ1) is 17.1. The molecule has 0 saturated carbocycles. The third-order valence-electron chi connectivity index (χ3n) is 3.52. The Morgan fingerprint density at radius 2 is 1.91 bits per heavy atom. The maximum Gasteiger partial charge on any atom is 0.252 e. The highest BCUT2D eigenvalue weighted by atomic mass is 32.1. The highest BCUT2D eigenvalue weighted by Gasteiger charge is 2.24. The molecule has 0 spiro atoms. The van der Waals surface area contributed by atoms with E-state index in [0.717, 1.165) is 0 Å². The van der Waals surface area contributed by atoms with Gasteiger partial charge in [0, 0.05) is 22.9 Å². The number of amides is 2. The number of hydrogen-bond acceptors (Lipinski definition) is 3. The molecule has 2 aromatic rings. The molecular weight excluding hydrogens is 315 g/mol. The van der Waals surface area contributed by atoms with Crippen LogP contribution >= 0.6 is 11.3 Å². The van der Waals surface area contributed by atoms with E-state index >= 15 is 0 Å². The van der Waals surface area contributed by atoms with Gasteiger partial charge >= 0.3 is 0 Å². The number of carbonyl (C=O) groups excluding carboxylic acids is 2. The van der Waals surface area contributed by atoms with Crippen molar-refractivity contribution in [2.45, 2.75) is 19.3 Å². The predicted molar refractivity (Wildman–Crippen MR) is 89.1 cm³/mol.